The monoisotopic (exact) mass is 633 g/mol. The molecule has 1 heterocycles. The molecule has 1 aliphatic carbocycles. The van der Waals surface area contributed by atoms with Crippen molar-refractivity contribution in [3.63, 3.8) is 0 Å². The van der Waals surface area contributed by atoms with E-state index in [1.807, 2.05) is 33.8 Å². The average molecular weight is 635 g/mol. The van der Waals surface area contributed by atoms with Crippen LogP contribution in [0.3, 0.4) is 0 Å². The number of anilines is 1. The van der Waals surface area contributed by atoms with Crippen molar-refractivity contribution < 1.29 is 13.6 Å². The number of thioether (sulfide) groups is 1. The Kier molecular flexibility index (Phi) is 7.88. The lowest BCUT2D eigenvalue weighted by Crippen LogP contribution is -2.42. The number of rotatable bonds is 5. The molecule has 2 N–H and O–H groups in total. The summed E-state index contributed by atoms with van der Waals surface area (Å²) in [5, 5.41) is 10.5. The number of nitrogens with two attached hydrogens (primary N) is 1. The molecule has 41 heavy (non-hydrogen) atoms. The number of ketones is 1. The third-order valence-electron chi connectivity index (χ3n) is 7.75. The third kappa shape index (κ3) is 5.58. The summed E-state index contributed by atoms with van der Waals surface area (Å²) in [5.74, 6) is -0.757. The van der Waals surface area contributed by atoms with Gasteiger partial charge in [0.15, 0.2) is 5.78 Å². The summed E-state index contributed by atoms with van der Waals surface area (Å²) in [6.45, 7) is 8.02. The Morgan fingerprint density at radius 2 is 1.80 bits per heavy atom. The SMILES string of the molecule is Cc1cc(CSc2ccc(F)cc2)c(C)c(C2C(C#N)=C(N)N(c3ccc(Br)cc3F)C3=C2C(=O)CC(C)(C)C3)c1. The first-order valence-corrected chi connectivity index (χ1v) is 15.1. The molecule has 0 bridgehead atoms. The molecule has 4 nitrogen and oxygen atoms in total. The van der Waals surface area contributed by atoms with Crippen molar-refractivity contribution in [2.24, 2.45) is 11.1 Å². The zero-order chi connectivity index (χ0) is 29.6. The largest absolute Gasteiger partial charge is 0.384 e. The van der Waals surface area contributed by atoms with Gasteiger partial charge in [-0.2, -0.15) is 5.26 Å². The molecule has 0 spiro atoms. The average Bonchev–Trinajstić information content (AvgIpc) is 2.89. The van der Waals surface area contributed by atoms with Crippen LogP contribution in [0.4, 0.5) is 14.5 Å². The smallest absolute Gasteiger partial charge is 0.162 e. The summed E-state index contributed by atoms with van der Waals surface area (Å²) < 4.78 is 29.3. The fraction of sp³-hybridized carbons (Fsp3) is 0.273. The molecule has 8 heteroatoms. The van der Waals surface area contributed by atoms with Gasteiger partial charge in [0.2, 0.25) is 0 Å². The van der Waals surface area contributed by atoms with Crippen LogP contribution in [0.2, 0.25) is 0 Å². The highest BCUT2D eigenvalue weighted by Crippen LogP contribution is 2.51. The summed E-state index contributed by atoms with van der Waals surface area (Å²) >= 11 is 4.90. The van der Waals surface area contributed by atoms with Crippen molar-refractivity contribution in [3.8, 4) is 6.07 Å². The van der Waals surface area contributed by atoms with Gasteiger partial charge in [0, 0.05) is 32.8 Å². The number of nitriles is 1. The van der Waals surface area contributed by atoms with E-state index in [9.17, 15) is 14.4 Å². The van der Waals surface area contributed by atoms with Gasteiger partial charge in [0.25, 0.3) is 0 Å². The Labute approximate surface area is 252 Å². The second kappa shape index (κ2) is 11.1. The van der Waals surface area contributed by atoms with Crippen molar-refractivity contribution in [1.29, 1.82) is 5.26 Å². The van der Waals surface area contributed by atoms with Crippen LogP contribution in [0.5, 0.6) is 0 Å². The number of hydrogen-bond donors (Lipinski definition) is 1. The Morgan fingerprint density at radius 3 is 2.46 bits per heavy atom. The maximum absolute atomic E-state index is 15.4. The van der Waals surface area contributed by atoms with Crippen LogP contribution in [0.15, 0.2) is 86.6 Å². The molecule has 0 saturated carbocycles. The molecule has 3 aromatic carbocycles. The standard InChI is InChI=1S/C33H30BrF2N3OS/c1-18-11-20(17-41-23-8-6-22(35)7-9-23)19(2)24(12-18)30-25(16-37)32(38)39(27-10-5-21(34)13-26(27)36)28-14-33(3,4)15-29(40)31(28)30/h5-13,30H,14-15,17,38H2,1-4H3. The highest BCUT2D eigenvalue weighted by Gasteiger charge is 2.45. The number of hydrogen-bond acceptors (Lipinski definition) is 5. The Bertz CT molecular complexity index is 1670. The quantitative estimate of drug-likeness (QED) is 0.285. The normalized spacial score (nSPS) is 18.4. The summed E-state index contributed by atoms with van der Waals surface area (Å²) in [5.41, 5.74) is 11.8. The van der Waals surface area contributed by atoms with Crippen LogP contribution in [0.1, 0.15) is 54.9 Å². The van der Waals surface area contributed by atoms with Crippen LogP contribution >= 0.6 is 27.7 Å². The second-order valence-electron chi connectivity index (χ2n) is 11.5. The minimum atomic E-state index is -0.664. The summed E-state index contributed by atoms with van der Waals surface area (Å²) in [4.78, 5) is 16.4. The van der Waals surface area contributed by atoms with Gasteiger partial charge in [0.05, 0.1) is 23.2 Å². The molecular weight excluding hydrogens is 604 g/mol. The van der Waals surface area contributed by atoms with Crippen molar-refractivity contribution in [1.82, 2.24) is 0 Å². The Morgan fingerprint density at radius 1 is 1.10 bits per heavy atom. The van der Waals surface area contributed by atoms with Gasteiger partial charge >= 0.3 is 0 Å². The summed E-state index contributed by atoms with van der Waals surface area (Å²) in [6.07, 6.45) is 0.813. The van der Waals surface area contributed by atoms with E-state index in [0.717, 1.165) is 27.1 Å². The maximum atomic E-state index is 15.4. The molecule has 5 rings (SSSR count). The number of benzene rings is 3. The van der Waals surface area contributed by atoms with Crippen LogP contribution in [0.25, 0.3) is 0 Å². The van der Waals surface area contributed by atoms with E-state index in [4.69, 9.17) is 5.73 Å². The molecule has 0 amide bonds. The van der Waals surface area contributed by atoms with Gasteiger partial charge in [-0.05, 0) is 84.8 Å². The first-order valence-electron chi connectivity index (χ1n) is 13.3. The predicted octanol–water partition coefficient (Wildman–Crippen LogP) is 8.58. The lowest BCUT2D eigenvalue weighted by atomic mass is 9.68. The fourth-order valence-corrected chi connectivity index (χ4v) is 7.15. The molecule has 1 aliphatic heterocycles. The van der Waals surface area contributed by atoms with Crippen LogP contribution < -0.4 is 10.6 Å². The van der Waals surface area contributed by atoms with Crippen molar-refractivity contribution in [2.45, 2.75) is 57.1 Å². The fourth-order valence-electron chi connectivity index (χ4n) is 5.86. The van der Waals surface area contributed by atoms with Crippen LogP contribution in [0, 0.1) is 42.2 Å². The van der Waals surface area contributed by atoms with E-state index in [1.165, 1.54) is 18.2 Å². The first-order chi connectivity index (χ1) is 19.4. The van der Waals surface area contributed by atoms with E-state index in [2.05, 4.69) is 28.1 Å². The minimum Gasteiger partial charge on any atom is -0.384 e. The molecule has 1 unspecified atom stereocenters. The summed E-state index contributed by atoms with van der Waals surface area (Å²) in [7, 11) is 0. The third-order valence-corrected chi connectivity index (χ3v) is 9.30. The lowest BCUT2D eigenvalue weighted by molar-refractivity contribution is -0.118. The zero-order valence-electron chi connectivity index (χ0n) is 23.3. The van der Waals surface area contributed by atoms with Crippen molar-refractivity contribution in [3.05, 3.63) is 116 Å². The van der Waals surface area contributed by atoms with Crippen LogP contribution in [-0.4, -0.2) is 5.78 Å². The molecule has 1 atom stereocenters. The zero-order valence-corrected chi connectivity index (χ0v) is 25.7. The number of carbonyl (C=O) groups excluding carboxylic acids is 1. The lowest BCUT2D eigenvalue weighted by Gasteiger charge is -2.44. The van der Waals surface area contributed by atoms with E-state index < -0.39 is 11.7 Å². The summed E-state index contributed by atoms with van der Waals surface area (Å²) in [6, 6.07) is 17.5. The van der Waals surface area contributed by atoms with E-state index in [0.29, 0.717) is 34.3 Å². The van der Waals surface area contributed by atoms with Gasteiger partial charge < -0.3 is 5.73 Å². The first kappa shape index (κ1) is 29.1. The van der Waals surface area contributed by atoms with Crippen molar-refractivity contribution >= 4 is 39.2 Å². The van der Waals surface area contributed by atoms with Gasteiger partial charge in [-0.25, -0.2) is 8.78 Å². The number of aryl methyl sites for hydroxylation is 1. The number of carbonyl (C=O) groups is 1. The van der Waals surface area contributed by atoms with Crippen LogP contribution in [-0.2, 0) is 10.5 Å². The Balaban J connectivity index is 1.68. The molecular formula is C33H30BrF2N3OS. The number of halogens is 3. The molecule has 3 aromatic rings. The van der Waals surface area contributed by atoms with Gasteiger partial charge in [0.1, 0.15) is 17.5 Å². The molecule has 0 radical (unpaired) electrons. The maximum Gasteiger partial charge on any atom is 0.162 e. The molecule has 210 valence electrons. The number of Topliss-reactive ketones (excluding diaryl/α,β-unsaturated/α-hetero) is 1. The number of allylic oxidation sites excluding steroid dienone is 3. The van der Waals surface area contributed by atoms with Gasteiger partial charge in [-0.15, -0.1) is 11.8 Å². The molecule has 0 aromatic heterocycles. The predicted molar refractivity (Wildman–Crippen MR) is 163 cm³/mol. The number of nitrogens with zero attached hydrogens (tertiary/aromatic N) is 2. The molecule has 0 fully saturated rings. The van der Waals surface area contributed by atoms with E-state index in [1.54, 1.807) is 40.9 Å². The Hall–Kier alpha value is -3.41. The van der Waals surface area contributed by atoms with Gasteiger partial charge in [-0.3, -0.25) is 9.69 Å². The van der Waals surface area contributed by atoms with E-state index in [-0.39, 0.29) is 34.1 Å². The second-order valence-corrected chi connectivity index (χ2v) is 13.4. The van der Waals surface area contributed by atoms with E-state index >= 15 is 4.39 Å². The van der Waals surface area contributed by atoms with Crippen molar-refractivity contribution in [2.75, 3.05) is 4.90 Å². The topological polar surface area (TPSA) is 70.1 Å². The van der Waals surface area contributed by atoms with Gasteiger partial charge in [-0.1, -0.05) is 47.5 Å². The minimum absolute atomic E-state index is 0.0628. The highest BCUT2D eigenvalue weighted by molar-refractivity contribution is 9.10. The molecule has 0 saturated heterocycles. The highest BCUT2D eigenvalue weighted by atomic mass is 79.9. The molecule has 2 aliphatic rings.